The lowest BCUT2D eigenvalue weighted by atomic mass is 10.3. The van der Waals surface area contributed by atoms with Gasteiger partial charge >= 0.3 is 6.18 Å². The SMILES string of the molecule is COc1cccc(-n2cc(C(F)(F)F)cn2)n1. The molecule has 2 aromatic heterocycles. The van der Waals surface area contributed by atoms with Gasteiger partial charge in [-0.15, -0.1) is 0 Å². The Morgan fingerprint density at radius 3 is 2.65 bits per heavy atom. The van der Waals surface area contributed by atoms with Gasteiger partial charge in [0, 0.05) is 12.3 Å². The van der Waals surface area contributed by atoms with E-state index in [1.165, 1.54) is 13.2 Å². The Morgan fingerprint density at radius 2 is 2.06 bits per heavy atom. The lowest BCUT2D eigenvalue weighted by molar-refractivity contribution is -0.137. The summed E-state index contributed by atoms with van der Waals surface area (Å²) < 4.78 is 43.0. The number of rotatable bonds is 2. The molecule has 4 nitrogen and oxygen atoms in total. The predicted molar refractivity (Wildman–Crippen MR) is 52.9 cm³/mol. The molecule has 0 unspecified atom stereocenters. The van der Waals surface area contributed by atoms with Crippen LogP contribution in [0.1, 0.15) is 5.56 Å². The van der Waals surface area contributed by atoms with Crippen LogP contribution in [0.2, 0.25) is 0 Å². The summed E-state index contributed by atoms with van der Waals surface area (Å²) in [6.07, 6.45) is -2.78. The van der Waals surface area contributed by atoms with Crippen molar-refractivity contribution in [1.29, 1.82) is 0 Å². The first kappa shape index (κ1) is 11.4. The van der Waals surface area contributed by atoms with E-state index >= 15 is 0 Å². The van der Waals surface area contributed by atoms with Gasteiger partial charge in [-0.1, -0.05) is 6.07 Å². The lowest BCUT2D eigenvalue weighted by Gasteiger charge is -2.03. The van der Waals surface area contributed by atoms with E-state index < -0.39 is 11.7 Å². The molecule has 0 aliphatic carbocycles. The molecule has 0 aliphatic rings. The van der Waals surface area contributed by atoms with Crippen molar-refractivity contribution in [2.24, 2.45) is 0 Å². The third kappa shape index (κ3) is 2.38. The van der Waals surface area contributed by atoms with Gasteiger partial charge in [-0.2, -0.15) is 23.3 Å². The first-order valence-corrected chi connectivity index (χ1v) is 4.64. The molecular formula is C10H8F3N3O. The van der Waals surface area contributed by atoms with Crippen LogP contribution in [0, 0.1) is 0 Å². The minimum absolute atomic E-state index is 0.264. The molecule has 2 rings (SSSR count). The molecule has 0 aromatic carbocycles. The average Bonchev–Trinajstić information content (AvgIpc) is 2.78. The molecule has 0 saturated heterocycles. The van der Waals surface area contributed by atoms with Gasteiger partial charge in [0.2, 0.25) is 5.88 Å². The van der Waals surface area contributed by atoms with Crippen molar-refractivity contribution in [3.05, 3.63) is 36.2 Å². The van der Waals surface area contributed by atoms with Crippen LogP contribution in [0.25, 0.3) is 5.82 Å². The van der Waals surface area contributed by atoms with E-state index in [2.05, 4.69) is 10.1 Å². The maximum absolute atomic E-state index is 12.4. The highest BCUT2D eigenvalue weighted by Crippen LogP contribution is 2.29. The first-order chi connectivity index (χ1) is 8.00. The second kappa shape index (κ2) is 4.08. The first-order valence-electron chi connectivity index (χ1n) is 4.64. The number of alkyl halides is 3. The molecule has 17 heavy (non-hydrogen) atoms. The molecule has 2 aromatic rings. The van der Waals surface area contributed by atoms with Crippen molar-refractivity contribution >= 4 is 0 Å². The van der Waals surface area contributed by atoms with E-state index in [0.29, 0.717) is 5.88 Å². The van der Waals surface area contributed by atoms with Crippen molar-refractivity contribution in [3.8, 4) is 11.7 Å². The van der Waals surface area contributed by atoms with Gasteiger partial charge in [0.1, 0.15) is 0 Å². The third-order valence-electron chi connectivity index (χ3n) is 2.06. The standard InChI is InChI=1S/C10H8F3N3O/c1-17-9-4-2-3-8(15-9)16-6-7(5-14-16)10(11,12)13/h2-6H,1H3. The van der Waals surface area contributed by atoms with Crippen molar-refractivity contribution < 1.29 is 17.9 Å². The van der Waals surface area contributed by atoms with Gasteiger partial charge in [0.05, 0.1) is 18.9 Å². The molecule has 0 spiro atoms. The fourth-order valence-corrected chi connectivity index (χ4v) is 1.24. The second-order valence-electron chi connectivity index (χ2n) is 3.21. The largest absolute Gasteiger partial charge is 0.481 e. The smallest absolute Gasteiger partial charge is 0.419 e. The van der Waals surface area contributed by atoms with Gasteiger partial charge in [-0.05, 0) is 6.07 Å². The molecule has 7 heteroatoms. The Kier molecular flexibility index (Phi) is 2.74. The summed E-state index contributed by atoms with van der Waals surface area (Å²) in [7, 11) is 1.43. The van der Waals surface area contributed by atoms with E-state index in [1.54, 1.807) is 12.1 Å². The van der Waals surface area contributed by atoms with Crippen molar-refractivity contribution in [2.45, 2.75) is 6.18 Å². The number of halogens is 3. The zero-order chi connectivity index (χ0) is 12.5. The molecule has 0 N–H and O–H groups in total. The van der Waals surface area contributed by atoms with Crippen molar-refractivity contribution in [2.75, 3.05) is 7.11 Å². The van der Waals surface area contributed by atoms with E-state index in [9.17, 15) is 13.2 Å². The quantitative estimate of drug-likeness (QED) is 0.812. The predicted octanol–water partition coefficient (Wildman–Crippen LogP) is 2.29. The molecule has 2 heterocycles. The normalized spacial score (nSPS) is 11.5. The topological polar surface area (TPSA) is 39.9 Å². The highest BCUT2D eigenvalue weighted by Gasteiger charge is 2.32. The third-order valence-corrected chi connectivity index (χ3v) is 2.06. The number of hydrogen-bond donors (Lipinski definition) is 0. The van der Waals surface area contributed by atoms with E-state index in [0.717, 1.165) is 17.1 Å². The zero-order valence-electron chi connectivity index (χ0n) is 8.77. The number of pyridine rings is 1. The summed E-state index contributed by atoms with van der Waals surface area (Å²) in [5.41, 5.74) is -0.817. The summed E-state index contributed by atoms with van der Waals surface area (Å²) in [5.74, 6) is 0.575. The summed E-state index contributed by atoms with van der Waals surface area (Å²) >= 11 is 0. The molecule has 0 bridgehead atoms. The molecule has 0 radical (unpaired) electrons. The minimum atomic E-state index is -4.41. The highest BCUT2D eigenvalue weighted by molar-refractivity contribution is 5.27. The molecular weight excluding hydrogens is 235 g/mol. The molecule has 0 atom stereocenters. The van der Waals surface area contributed by atoms with Crippen LogP contribution >= 0.6 is 0 Å². The molecule has 0 fully saturated rings. The fraction of sp³-hybridized carbons (Fsp3) is 0.200. The number of hydrogen-bond acceptors (Lipinski definition) is 3. The Bertz CT molecular complexity index is 522. The maximum atomic E-state index is 12.4. The van der Waals surface area contributed by atoms with Crippen LogP contribution in [0.3, 0.4) is 0 Å². The Labute approximate surface area is 94.7 Å². The van der Waals surface area contributed by atoms with Crippen LogP contribution in [0.5, 0.6) is 5.88 Å². The summed E-state index contributed by atoms with van der Waals surface area (Å²) in [5, 5.41) is 3.61. The summed E-state index contributed by atoms with van der Waals surface area (Å²) in [4.78, 5) is 3.97. The van der Waals surface area contributed by atoms with Gasteiger partial charge in [-0.3, -0.25) is 0 Å². The Morgan fingerprint density at radius 1 is 1.29 bits per heavy atom. The Hall–Kier alpha value is -2.05. The number of aromatic nitrogens is 3. The molecule has 0 saturated carbocycles. The molecule has 0 amide bonds. The van der Waals surface area contributed by atoms with Crippen molar-refractivity contribution in [3.63, 3.8) is 0 Å². The maximum Gasteiger partial charge on any atom is 0.419 e. The van der Waals surface area contributed by atoms with Crippen LogP contribution in [-0.4, -0.2) is 21.9 Å². The van der Waals surface area contributed by atoms with E-state index in [4.69, 9.17) is 4.74 Å². The zero-order valence-corrected chi connectivity index (χ0v) is 8.77. The summed E-state index contributed by atoms with van der Waals surface area (Å²) in [6.45, 7) is 0. The monoisotopic (exact) mass is 243 g/mol. The minimum Gasteiger partial charge on any atom is -0.481 e. The molecule has 0 aliphatic heterocycles. The van der Waals surface area contributed by atoms with Crippen molar-refractivity contribution in [1.82, 2.24) is 14.8 Å². The van der Waals surface area contributed by atoms with Crippen LogP contribution in [-0.2, 0) is 6.18 Å². The number of nitrogens with zero attached hydrogens (tertiary/aromatic N) is 3. The summed E-state index contributed by atoms with van der Waals surface area (Å²) in [6, 6.07) is 4.75. The van der Waals surface area contributed by atoms with Gasteiger partial charge < -0.3 is 4.74 Å². The van der Waals surface area contributed by atoms with Gasteiger partial charge in [-0.25, -0.2) is 4.68 Å². The fourth-order valence-electron chi connectivity index (χ4n) is 1.24. The van der Waals surface area contributed by atoms with Gasteiger partial charge in [0.15, 0.2) is 5.82 Å². The molecule has 90 valence electrons. The van der Waals surface area contributed by atoms with Gasteiger partial charge in [0.25, 0.3) is 0 Å². The average molecular weight is 243 g/mol. The number of ether oxygens (including phenoxy) is 1. The second-order valence-corrected chi connectivity index (χ2v) is 3.21. The highest BCUT2D eigenvalue weighted by atomic mass is 19.4. The van der Waals surface area contributed by atoms with E-state index in [1.807, 2.05) is 0 Å². The van der Waals surface area contributed by atoms with E-state index in [-0.39, 0.29) is 5.82 Å². The van der Waals surface area contributed by atoms with Crippen LogP contribution < -0.4 is 4.74 Å². The number of methoxy groups -OCH3 is 1. The Balaban J connectivity index is 2.37. The lowest BCUT2D eigenvalue weighted by Crippen LogP contribution is -2.03. The van der Waals surface area contributed by atoms with Crippen LogP contribution in [0.4, 0.5) is 13.2 Å². The van der Waals surface area contributed by atoms with Crippen LogP contribution in [0.15, 0.2) is 30.6 Å².